The summed E-state index contributed by atoms with van der Waals surface area (Å²) in [7, 11) is 2.23. The molecule has 1 fully saturated rings. The van der Waals surface area contributed by atoms with E-state index < -0.39 is 0 Å². The van der Waals surface area contributed by atoms with Gasteiger partial charge in [-0.3, -0.25) is 0 Å². The third-order valence-corrected chi connectivity index (χ3v) is 3.96. The highest BCUT2D eigenvalue weighted by atomic mass is 32.1. The lowest BCUT2D eigenvalue weighted by Gasteiger charge is -2.23. The second-order valence-corrected chi connectivity index (χ2v) is 5.61. The van der Waals surface area contributed by atoms with Crippen molar-refractivity contribution in [3.05, 3.63) is 22.4 Å². The van der Waals surface area contributed by atoms with Gasteiger partial charge in [0.25, 0.3) is 0 Å². The van der Waals surface area contributed by atoms with Crippen LogP contribution in [-0.2, 0) is 6.54 Å². The molecule has 0 radical (unpaired) electrons. The van der Waals surface area contributed by atoms with E-state index in [2.05, 4.69) is 34.1 Å². The van der Waals surface area contributed by atoms with Crippen molar-refractivity contribution < 1.29 is 0 Å². The van der Waals surface area contributed by atoms with Gasteiger partial charge in [0.2, 0.25) is 0 Å². The first-order chi connectivity index (χ1) is 7.84. The summed E-state index contributed by atoms with van der Waals surface area (Å²) in [6, 6.07) is 2.92. The molecule has 3 heteroatoms. The zero-order valence-electron chi connectivity index (χ0n) is 10.1. The summed E-state index contributed by atoms with van der Waals surface area (Å²) < 4.78 is 0. The summed E-state index contributed by atoms with van der Waals surface area (Å²) in [4.78, 5) is 2.44. The fraction of sp³-hybridized carbons (Fsp3) is 0.692. The molecular weight excluding hydrogens is 216 g/mol. The molecule has 0 aromatic carbocycles. The Labute approximate surface area is 103 Å². The standard InChI is InChI=1S/C13H22N2S/c1-15(9-12-6-8-16-11-12)10-13-5-3-2-4-7-14-13/h6,8,11,13-14H,2-5,7,9-10H2,1H3. The van der Waals surface area contributed by atoms with E-state index in [1.165, 1.54) is 44.3 Å². The summed E-state index contributed by atoms with van der Waals surface area (Å²) >= 11 is 1.79. The van der Waals surface area contributed by atoms with Crippen molar-refractivity contribution in [2.45, 2.75) is 38.3 Å². The van der Waals surface area contributed by atoms with Gasteiger partial charge >= 0.3 is 0 Å². The number of hydrogen-bond acceptors (Lipinski definition) is 3. The van der Waals surface area contributed by atoms with Gasteiger partial charge in [-0.05, 0) is 48.8 Å². The van der Waals surface area contributed by atoms with Gasteiger partial charge in [-0.15, -0.1) is 0 Å². The number of nitrogens with zero attached hydrogens (tertiary/aromatic N) is 1. The average Bonchev–Trinajstić information content (AvgIpc) is 2.62. The first-order valence-electron chi connectivity index (χ1n) is 6.27. The fourth-order valence-corrected chi connectivity index (χ4v) is 3.05. The van der Waals surface area contributed by atoms with Crippen LogP contribution in [-0.4, -0.2) is 31.1 Å². The molecule has 2 heterocycles. The van der Waals surface area contributed by atoms with Gasteiger partial charge in [-0.1, -0.05) is 12.8 Å². The minimum atomic E-state index is 0.700. The summed E-state index contributed by atoms with van der Waals surface area (Å²) in [6.07, 6.45) is 5.49. The maximum Gasteiger partial charge on any atom is 0.0239 e. The smallest absolute Gasteiger partial charge is 0.0239 e. The van der Waals surface area contributed by atoms with Crippen LogP contribution in [0.2, 0.25) is 0 Å². The van der Waals surface area contributed by atoms with Gasteiger partial charge in [0.15, 0.2) is 0 Å². The summed E-state index contributed by atoms with van der Waals surface area (Å²) in [6.45, 7) is 3.47. The predicted octanol–water partition coefficient (Wildman–Crippen LogP) is 2.71. The number of hydrogen-bond donors (Lipinski definition) is 1. The highest BCUT2D eigenvalue weighted by Gasteiger charge is 2.13. The Morgan fingerprint density at radius 2 is 2.38 bits per heavy atom. The van der Waals surface area contributed by atoms with E-state index in [1.807, 2.05) is 0 Å². The van der Waals surface area contributed by atoms with Gasteiger partial charge in [0, 0.05) is 19.1 Å². The highest BCUT2D eigenvalue weighted by molar-refractivity contribution is 7.07. The number of thiophene rings is 1. The van der Waals surface area contributed by atoms with E-state index in [-0.39, 0.29) is 0 Å². The quantitative estimate of drug-likeness (QED) is 0.867. The second-order valence-electron chi connectivity index (χ2n) is 4.83. The molecule has 0 aliphatic carbocycles. The van der Waals surface area contributed by atoms with Crippen LogP contribution in [0.1, 0.15) is 31.2 Å². The van der Waals surface area contributed by atoms with Crippen molar-refractivity contribution in [2.24, 2.45) is 0 Å². The molecule has 90 valence electrons. The van der Waals surface area contributed by atoms with E-state index in [4.69, 9.17) is 0 Å². The normalized spacial score (nSPS) is 22.2. The zero-order valence-corrected chi connectivity index (χ0v) is 10.9. The van der Waals surface area contributed by atoms with Crippen molar-refractivity contribution in [2.75, 3.05) is 20.1 Å². The van der Waals surface area contributed by atoms with E-state index in [9.17, 15) is 0 Å². The van der Waals surface area contributed by atoms with Crippen LogP contribution in [0.25, 0.3) is 0 Å². The fourth-order valence-electron chi connectivity index (χ4n) is 2.39. The van der Waals surface area contributed by atoms with Crippen molar-refractivity contribution in [3.8, 4) is 0 Å². The third-order valence-electron chi connectivity index (χ3n) is 3.23. The zero-order chi connectivity index (χ0) is 11.2. The molecule has 1 aliphatic heterocycles. The molecule has 0 saturated carbocycles. The van der Waals surface area contributed by atoms with Gasteiger partial charge in [0.05, 0.1) is 0 Å². The number of rotatable bonds is 4. The topological polar surface area (TPSA) is 15.3 Å². The maximum atomic E-state index is 3.65. The average molecular weight is 238 g/mol. The van der Waals surface area contributed by atoms with E-state index >= 15 is 0 Å². The Bertz CT molecular complexity index is 276. The molecule has 0 spiro atoms. The van der Waals surface area contributed by atoms with Gasteiger partial charge in [-0.25, -0.2) is 0 Å². The molecule has 1 unspecified atom stereocenters. The van der Waals surface area contributed by atoms with Gasteiger partial charge < -0.3 is 10.2 Å². The Hall–Kier alpha value is -0.380. The lowest BCUT2D eigenvalue weighted by atomic mass is 10.1. The van der Waals surface area contributed by atoms with Gasteiger partial charge in [-0.2, -0.15) is 11.3 Å². The molecule has 0 amide bonds. The van der Waals surface area contributed by atoms with Crippen molar-refractivity contribution >= 4 is 11.3 Å². The Balaban J connectivity index is 1.75. The summed E-state index contributed by atoms with van der Waals surface area (Å²) in [5.41, 5.74) is 1.45. The minimum Gasteiger partial charge on any atom is -0.313 e. The molecule has 16 heavy (non-hydrogen) atoms. The third kappa shape index (κ3) is 3.89. The molecule has 1 aliphatic rings. The lowest BCUT2D eigenvalue weighted by Crippen LogP contribution is -2.38. The molecule has 1 aromatic rings. The summed E-state index contributed by atoms with van der Waals surface area (Å²) in [5, 5.41) is 8.06. The van der Waals surface area contributed by atoms with E-state index in [0.29, 0.717) is 6.04 Å². The number of nitrogens with one attached hydrogen (secondary N) is 1. The predicted molar refractivity (Wildman–Crippen MR) is 70.9 cm³/mol. The summed E-state index contributed by atoms with van der Waals surface area (Å²) in [5.74, 6) is 0. The van der Waals surface area contributed by atoms with Crippen molar-refractivity contribution in [1.29, 1.82) is 0 Å². The van der Waals surface area contributed by atoms with E-state index in [0.717, 1.165) is 6.54 Å². The highest BCUT2D eigenvalue weighted by Crippen LogP contribution is 2.12. The van der Waals surface area contributed by atoms with Crippen molar-refractivity contribution in [3.63, 3.8) is 0 Å². The van der Waals surface area contributed by atoms with Gasteiger partial charge in [0.1, 0.15) is 0 Å². The monoisotopic (exact) mass is 238 g/mol. The van der Waals surface area contributed by atoms with Crippen LogP contribution >= 0.6 is 11.3 Å². The van der Waals surface area contributed by atoms with Crippen LogP contribution in [0.15, 0.2) is 16.8 Å². The first kappa shape index (κ1) is 12.1. The van der Waals surface area contributed by atoms with Crippen molar-refractivity contribution in [1.82, 2.24) is 10.2 Å². The first-order valence-corrected chi connectivity index (χ1v) is 7.22. The minimum absolute atomic E-state index is 0.700. The molecule has 1 atom stereocenters. The molecule has 1 aromatic heterocycles. The molecule has 1 N–H and O–H groups in total. The van der Waals surface area contributed by atoms with Crippen LogP contribution in [0.3, 0.4) is 0 Å². The molecule has 0 bridgehead atoms. The maximum absolute atomic E-state index is 3.65. The molecule has 2 rings (SSSR count). The van der Waals surface area contributed by atoms with Crippen LogP contribution in [0.5, 0.6) is 0 Å². The van der Waals surface area contributed by atoms with Crippen LogP contribution < -0.4 is 5.32 Å². The Morgan fingerprint density at radius 3 is 3.19 bits per heavy atom. The molecular formula is C13H22N2S. The lowest BCUT2D eigenvalue weighted by molar-refractivity contribution is 0.279. The Kier molecular flexibility index (Phi) is 4.82. The second kappa shape index (κ2) is 6.38. The Morgan fingerprint density at radius 1 is 1.44 bits per heavy atom. The van der Waals surface area contributed by atoms with Crippen LogP contribution in [0.4, 0.5) is 0 Å². The SMILES string of the molecule is CN(Cc1ccsc1)CC1CCCCCN1. The van der Waals surface area contributed by atoms with E-state index in [1.54, 1.807) is 11.3 Å². The van der Waals surface area contributed by atoms with Crippen LogP contribution in [0, 0.1) is 0 Å². The molecule has 1 saturated heterocycles. The number of likely N-dealkylation sites (N-methyl/N-ethyl adjacent to an activating group) is 1. The molecule has 2 nitrogen and oxygen atoms in total. The largest absolute Gasteiger partial charge is 0.313 e.